The molecule has 1 aromatic rings. The van der Waals surface area contributed by atoms with Crippen LogP contribution < -0.4 is 5.32 Å². The van der Waals surface area contributed by atoms with Gasteiger partial charge >= 0.3 is 0 Å². The molecule has 0 spiro atoms. The number of carbonyl (C=O) groups excluding carboxylic acids is 1. The lowest BCUT2D eigenvalue weighted by Gasteiger charge is -2.36. The minimum atomic E-state index is -0.123. The zero-order valence-corrected chi connectivity index (χ0v) is 10.3. The Morgan fingerprint density at radius 3 is 2.81 bits per heavy atom. The van der Waals surface area contributed by atoms with Gasteiger partial charge in [-0.15, -0.1) is 0 Å². The molecule has 16 heavy (non-hydrogen) atoms. The number of halogens is 1. The number of carbonyl (C=O) groups is 1. The third kappa shape index (κ3) is 2.63. The van der Waals surface area contributed by atoms with Crippen LogP contribution in [0.3, 0.4) is 0 Å². The lowest BCUT2D eigenvalue weighted by Crippen LogP contribution is -2.48. The number of Topliss-reactive ketones (excluding diaryl/α,β-unsaturated/α-hetero) is 1. The van der Waals surface area contributed by atoms with Gasteiger partial charge in [0.15, 0.2) is 0 Å². The minimum absolute atomic E-state index is 0.0925. The summed E-state index contributed by atoms with van der Waals surface area (Å²) in [5.41, 5.74) is 0.969. The molecule has 1 fully saturated rings. The summed E-state index contributed by atoms with van der Waals surface area (Å²) < 4.78 is 0. The van der Waals surface area contributed by atoms with E-state index in [0.29, 0.717) is 18.6 Å². The van der Waals surface area contributed by atoms with Gasteiger partial charge < -0.3 is 5.32 Å². The largest absolute Gasteiger partial charge is 0.304 e. The predicted octanol–water partition coefficient (Wildman–Crippen LogP) is 3.11. The zero-order chi connectivity index (χ0) is 11.8. The number of rotatable bonds is 1. The van der Waals surface area contributed by atoms with Gasteiger partial charge in [0, 0.05) is 29.4 Å². The van der Waals surface area contributed by atoms with Crippen LogP contribution in [0, 0.1) is 0 Å². The van der Waals surface area contributed by atoms with Gasteiger partial charge in [0.25, 0.3) is 0 Å². The molecular weight excluding hydrogens is 222 g/mol. The Hall–Kier alpha value is -0.860. The summed E-state index contributed by atoms with van der Waals surface area (Å²) in [7, 11) is 0. The van der Waals surface area contributed by atoms with Gasteiger partial charge in [0.05, 0.1) is 0 Å². The number of piperidine rings is 1. The number of hydrogen-bond donors (Lipinski definition) is 1. The van der Waals surface area contributed by atoms with Gasteiger partial charge in [-0.1, -0.05) is 23.7 Å². The molecule has 1 N–H and O–H groups in total. The van der Waals surface area contributed by atoms with Gasteiger partial charge in [0.2, 0.25) is 0 Å². The van der Waals surface area contributed by atoms with Gasteiger partial charge in [-0.05, 0) is 31.5 Å². The number of hydrogen-bond acceptors (Lipinski definition) is 2. The summed E-state index contributed by atoms with van der Waals surface area (Å²) in [6, 6.07) is 7.80. The Bertz CT molecular complexity index is 414. The van der Waals surface area contributed by atoms with Crippen molar-refractivity contribution in [3.05, 3.63) is 34.9 Å². The molecule has 1 aliphatic rings. The molecule has 1 atom stereocenters. The molecule has 0 amide bonds. The second-order valence-corrected chi connectivity index (χ2v) is 5.49. The van der Waals surface area contributed by atoms with Crippen LogP contribution in [0.5, 0.6) is 0 Å². The second-order valence-electron chi connectivity index (χ2n) is 5.06. The molecule has 0 aromatic heterocycles. The SMILES string of the molecule is CC1(C)CC(=O)C[C@H](c2cccc(Cl)c2)N1. The van der Waals surface area contributed by atoms with Crippen molar-refractivity contribution in [3.63, 3.8) is 0 Å². The van der Waals surface area contributed by atoms with Crippen molar-refractivity contribution in [2.24, 2.45) is 0 Å². The molecular formula is C13H16ClNO. The average Bonchev–Trinajstić information content (AvgIpc) is 2.14. The third-order valence-corrected chi connectivity index (χ3v) is 3.12. The van der Waals surface area contributed by atoms with Crippen molar-refractivity contribution >= 4 is 17.4 Å². The first-order valence-corrected chi connectivity index (χ1v) is 5.89. The van der Waals surface area contributed by atoms with E-state index in [1.807, 2.05) is 24.3 Å². The van der Waals surface area contributed by atoms with Crippen molar-refractivity contribution in [1.29, 1.82) is 0 Å². The first kappa shape index (κ1) is 11.6. The van der Waals surface area contributed by atoms with E-state index in [1.54, 1.807) is 0 Å². The lowest BCUT2D eigenvalue weighted by molar-refractivity contribution is -0.122. The molecule has 2 rings (SSSR count). The van der Waals surface area contributed by atoms with Crippen molar-refractivity contribution in [1.82, 2.24) is 5.32 Å². The quantitative estimate of drug-likeness (QED) is 0.813. The molecule has 1 aliphatic heterocycles. The van der Waals surface area contributed by atoms with Gasteiger partial charge in [-0.3, -0.25) is 4.79 Å². The summed E-state index contributed by atoms with van der Waals surface area (Å²) in [4.78, 5) is 11.7. The fourth-order valence-electron chi connectivity index (χ4n) is 2.29. The molecule has 1 aromatic carbocycles. The van der Waals surface area contributed by atoms with Crippen LogP contribution in [0.1, 0.15) is 38.3 Å². The molecule has 0 unspecified atom stereocenters. The van der Waals surface area contributed by atoms with E-state index in [-0.39, 0.29) is 11.6 Å². The number of benzene rings is 1. The fourth-order valence-corrected chi connectivity index (χ4v) is 2.49. The van der Waals surface area contributed by atoms with E-state index in [1.165, 1.54) is 0 Å². The molecule has 0 bridgehead atoms. The Balaban J connectivity index is 2.24. The molecule has 0 aliphatic carbocycles. The predicted molar refractivity (Wildman–Crippen MR) is 65.6 cm³/mol. The Kier molecular flexibility index (Phi) is 3.04. The Morgan fingerprint density at radius 2 is 2.19 bits per heavy atom. The van der Waals surface area contributed by atoms with Crippen molar-refractivity contribution in [2.75, 3.05) is 0 Å². The maximum atomic E-state index is 11.7. The van der Waals surface area contributed by atoms with Crippen LogP contribution in [0.4, 0.5) is 0 Å². The smallest absolute Gasteiger partial charge is 0.136 e. The summed E-state index contributed by atoms with van der Waals surface area (Å²) in [6.45, 7) is 4.11. The van der Waals surface area contributed by atoms with Crippen LogP contribution in [-0.2, 0) is 4.79 Å². The third-order valence-electron chi connectivity index (χ3n) is 2.89. The highest BCUT2D eigenvalue weighted by Gasteiger charge is 2.32. The monoisotopic (exact) mass is 237 g/mol. The molecule has 2 nitrogen and oxygen atoms in total. The fraction of sp³-hybridized carbons (Fsp3) is 0.462. The highest BCUT2D eigenvalue weighted by Crippen LogP contribution is 2.29. The molecule has 0 saturated carbocycles. The highest BCUT2D eigenvalue weighted by atomic mass is 35.5. The highest BCUT2D eigenvalue weighted by molar-refractivity contribution is 6.30. The summed E-state index contributed by atoms with van der Waals surface area (Å²) in [6.07, 6.45) is 1.16. The topological polar surface area (TPSA) is 29.1 Å². The van der Waals surface area contributed by atoms with Crippen LogP contribution in [0.15, 0.2) is 24.3 Å². The number of ketones is 1. The lowest BCUT2D eigenvalue weighted by atomic mass is 9.86. The molecule has 3 heteroatoms. The van der Waals surface area contributed by atoms with E-state index < -0.39 is 0 Å². The summed E-state index contributed by atoms with van der Waals surface area (Å²) in [5.74, 6) is 0.314. The van der Waals surface area contributed by atoms with Gasteiger partial charge in [0.1, 0.15) is 5.78 Å². The Morgan fingerprint density at radius 1 is 1.44 bits per heavy atom. The van der Waals surface area contributed by atoms with Crippen molar-refractivity contribution < 1.29 is 4.79 Å². The minimum Gasteiger partial charge on any atom is -0.304 e. The first-order chi connectivity index (χ1) is 7.46. The molecule has 0 radical (unpaired) electrons. The molecule has 86 valence electrons. The van der Waals surface area contributed by atoms with Gasteiger partial charge in [-0.2, -0.15) is 0 Å². The molecule has 1 saturated heterocycles. The van der Waals surface area contributed by atoms with E-state index in [0.717, 1.165) is 10.6 Å². The van der Waals surface area contributed by atoms with Crippen LogP contribution in [-0.4, -0.2) is 11.3 Å². The van der Waals surface area contributed by atoms with E-state index in [4.69, 9.17) is 11.6 Å². The average molecular weight is 238 g/mol. The van der Waals surface area contributed by atoms with E-state index in [2.05, 4.69) is 19.2 Å². The van der Waals surface area contributed by atoms with Crippen LogP contribution >= 0.6 is 11.6 Å². The van der Waals surface area contributed by atoms with Crippen LogP contribution in [0.2, 0.25) is 5.02 Å². The second kappa shape index (κ2) is 4.19. The summed E-state index contributed by atoms with van der Waals surface area (Å²) >= 11 is 5.96. The van der Waals surface area contributed by atoms with Crippen molar-refractivity contribution in [2.45, 2.75) is 38.3 Å². The first-order valence-electron chi connectivity index (χ1n) is 5.51. The Labute approximate surface area is 101 Å². The number of nitrogens with one attached hydrogen (secondary N) is 1. The molecule has 1 heterocycles. The van der Waals surface area contributed by atoms with Crippen molar-refractivity contribution in [3.8, 4) is 0 Å². The maximum Gasteiger partial charge on any atom is 0.136 e. The summed E-state index contributed by atoms with van der Waals surface area (Å²) in [5, 5.41) is 4.20. The normalized spacial score (nSPS) is 24.4. The van der Waals surface area contributed by atoms with Crippen LogP contribution in [0.25, 0.3) is 0 Å². The van der Waals surface area contributed by atoms with E-state index in [9.17, 15) is 4.79 Å². The van der Waals surface area contributed by atoms with E-state index >= 15 is 0 Å². The maximum absolute atomic E-state index is 11.7. The van der Waals surface area contributed by atoms with Gasteiger partial charge in [-0.25, -0.2) is 0 Å². The zero-order valence-electron chi connectivity index (χ0n) is 9.59. The standard InChI is InChI=1S/C13H16ClNO/c1-13(2)8-11(16)7-12(15-13)9-4-3-5-10(14)6-9/h3-6,12,15H,7-8H2,1-2H3/t12-/m1/s1.